The number of nitro groups is 1. The van der Waals surface area contributed by atoms with Gasteiger partial charge in [-0.3, -0.25) is 10.1 Å². The number of alkyl halides is 2. The number of rotatable bonds is 4. The standard InChI is InChI=1S/C12H13F2N3O3/c13-12(14)20-11-4-9(1-2-10(11)17(18)19)16-5-7-3-8(6-16)15-7/h1-2,4,7-8,12,15H,3,5-6H2/i12D. The fourth-order valence-electron chi connectivity index (χ4n) is 2.74. The number of halogens is 2. The Hall–Kier alpha value is -1.96. The Kier molecular flexibility index (Phi) is 2.87. The largest absolute Gasteiger partial charge is 0.427 e. The molecule has 3 saturated heterocycles. The Morgan fingerprint density at radius 1 is 1.50 bits per heavy atom. The molecule has 1 N–H and O–H groups in total. The second kappa shape index (κ2) is 4.86. The molecule has 0 spiro atoms. The molecule has 1 aromatic carbocycles. The molecule has 0 aromatic heterocycles. The number of nitrogens with one attached hydrogen (secondary N) is 1. The lowest BCUT2D eigenvalue weighted by Crippen LogP contribution is -2.67. The lowest BCUT2D eigenvalue weighted by molar-refractivity contribution is -0.386. The molecule has 0 amide bonds. The normalized spacial score (nSPS) is 25.7. The van der Waals surface area contributed by atoms with Crippen molar-refractivity contribution in [1.29, 1.82) is 0 Å². The topological polar surface area (TPSA) is 67.6 Å². The fourth-order valence-corrected chi connectivity index (χ4v) is 2.74. The minimum Gasteiger partial charge on any atom is -0.427 e. The lowest BCUT2D eigenvalue weighted by atomic mass is 9.91. The number of hydrogen-bond donors (Lipinski definition) is 1. The van der Waals surface area contributed by atoms with Crippen LogP contribution in [0.4, 0.5) is 20.2 Å². The van der Waals surface area contributed by atoms with Crippen LogP contribution < -0.4 is 15.0 Å². The van der Waals surface area contributed by atoms with Crippen molar-refractivity contribution in [3.63, 3.8) is 0 Å². The summed E-state index contributed by atoms with van der Waals surface area (Å²) in [7, 11) is 0. The van der Waals surface area contributed by atoms with Gasteiger partial charge in [0.1, 0.15) is 0 Å². The number of nitrogens with zero attached hydrogens (tertiary/aromatic N) is 2. The van der Waals surface area contributed by atoms with Crippen molar-refractivity contribution in [1.82, 2.24) is 5.32 Å². The average molecular weight is 286 g/mol. The van der Waals surface area contributed by atoms with Gasteiger partial charge in [0.25, 0.3) is 0 Å². The molecule has 8 heteroatoms. The molecule has 0 radical (unpaired) electrons. The molecule has 3 heterocycles. The summed E-state index contributed by atoms with van der Waals surface area (Å²) in [4.78, 5) is 12.0. The Balaban J connectivity index is 1.88. The van der Waals surface area contributed by atoms with E-state index in [1.807, 2.05) is 4.90 Å². The van der Waals surface area contributed by atoms with E-state index in [2.05, 4.69) is 10.1 Å². The first-order chi connectivity index (χ1) is 9.82. The molecule has 0 saturated carbocycles. The summed E-state index contributed by atoms with van der Waals surface area (Å²) >= 11 is 0. The van der Waals surface area contributed by atoms with Gasteiger partial charge in [0, 0.05) is 43.0 Å². The molecule has 4 rings (SSSR count). The van der Waals surface area contributed by atoms with Crippen LogP contribution in [0.3, 0.4) is 0 Å². The van der Waals surface area contributed by atoms with E-state index >= 15 is 0 Å². The van der Waals surface area contributed by atoms with E-state index in [1.54, 1.807) is 0 Å². The number of anilines is 1. The third-order valence-electron chi connectivity index (χ3n) is 3.61. The second-order valence-electron chi connectivity index (χ2n) is 4.94. The highest BCUT2D eigenvalue weighted by atomic mass is 19.3. The number of piperazine rings is 1. The zero-order valence-corrected chi connectivity index (χ0v) is 10.4. The molecule has 20 heavy (non-hydrogen) atoms. The Bertz CT molecular complexity index is 565. The molecule has 2 atom stereocenters. The van der Waals surface area contributed by atoms with Gasteiger partial charge in [-0.2, -0.15) is 8.78 Å². The van der Waals surface area contributed by atoms with Gasteiger partial charge < -0.3 is 15.0 Å². The van der Waals surface area contributed by atoms with Crippen molar-refractivity contribution in [2.45, 2.75) is 25.1 Å². The number of piperidine rings is 1. The van der Waals surface area contributed by atoms with Gasteiger partial charge in [0.05, 0.1) is 4.92 Å². The summed E-state index contributed by atoms with van der Waals surface area (Å²) in [6, 6.07) is 4.56. The number of ether oxygens (including phenoxy) is 1. The third kappa shape index (κ3) is 2.38. The van der Waals surface area contributed by atoms with Gasteiger partial charge >= 0.3 is 12.3 Å². The van der Waals surface area contributed by atoms with Crippen LogP contribution in [-0.2, 0) is 0 Å². The zero-order valence-electron chi connectivity index (χ0n) is 11.4. The van der Waals surface area contributed by atoms with E-state index in [0.717, 1.165) is 12.5 Å². The van der Waals surface area contributed by atoms with Crippen LogP contribution in [0.2, 0.25) is 0 Å². The SMILES string of the molecule is [2H]C(F)(F)Oc1cc(N2CC3CC(C2)N3)ccc1[N+](=O)[O-]. The van der Waals surface area contributed by atoms with Crippen LogP contribution in [0, 0.1) is 10.1 Å². The molecular formula is C12H13F2N3O3. The third-order valence-corrected chi connectivity index (χ3v) is 3.61. The van der Waals surface area contributed by atoms with Crippen molar-refractivity contribution in [2.24, 2.45) is 0 Å². The molecule has 2 bridgehead atoms. The molecule has 108 valence electrons. The monoisotopic (exact) mass is 286 g/mol. The van der Waals surface area contributed by atoms with Crippen molar-refractivity contribution < 1.29 is 19.8 Å². The number of hydrogen-bond acceptors (Lipinski definition) is 5. The average Bonchev–Trinajstić information content (AvgIpc) is 2.35. The van der Waals surface area contributed by atoms with Crippen LogP contribution in [0.5, 0.6) is 5.75 Å². The molecule has 6 nitrogen and oxygen atoms in total. The van der Waals surface area contributed by atoms with Gasteiger partial charge in [0.2, 0.25) is 5.75 Å². The Morgan fingerprint density at radius 2 is 2.15 bits per heavy atom. The summed E-state index contributed by atoms with van der Waals surface area (Å²) in [6.07, 6.45) is 1.08. The van der Waals surface area contributed by atoms with Crippen LogP contribution >= 0.6 is 0 Å². The summed E-state index contributed by atoms with van der Waals surface area (Å²) in [5, 5.41) is 14.2. The van der Waals surface area contributed by atoms with Crippen LogP contribution in [0.25, 0.3) is 0 Å². The maximum atomic E-state index is 12.7. The lowest BCUT2D eigenvalue weighted by Gasteiger charge is -2.49. The van der Waals surface area contributed by atoms with Gasteiger partial charge in [0.15, 0.2) is 1.37 Å². The quantitative estimate of drug-likeness (QED) is 0.674. The van der Waals surface area contributed by atoms with E-state index in [0.29, 0.717) is 30.9 Å². The molecule has 3 aliphatic rings. The molecule has 2 unspecified atom stereocenters. The highest BCUT2D eigenvalue weighted by Crippen LogP contribution is 2.34. The highest BCUT2D eigenvalue weighted by molar-refractivity contribution is 5.60. The summed E-state index contributed by atoms with van der Waals surface area (Å²) in [6.45, 7) is -2.79. The van der Waals surface area contributed by atoms with Crippen molar-refractivity contribution >= 4 is 11.4 Å². The van der Waals surface area contributed by atoms with Crippen LogP contribution in [-0.4, -0.2) is 36.7 Å². The molecule has 3 fully saturated rings. The number of fused-ring (bicyclic) bond motifs is 2. The van der Waals surface area contributed by atoms with Gasteiger partial charge in [-0.15, -0.1) is 0 Å². The van der Waals surface area contributed by atoms with Crippen LogP contribution in [0.15, 0.2) is 18.2 Å². The second-order valence-corrected chi connectivity index (χ2v) is 4.94. The van der Waals surface area contributed by atoms with E-state index in [9.17, 15) is 18.9 Å². The van der Waals surface area contributed by atoms with Crippen molar-refractivity contribution in [2.75, 3.05) is 18.0 Å². The predicted molar refractivity (Wildman–Crippen MR) is 67.3 cm³/mol. The summed E-state index contributed by atoms with van der Waals surface area (Å²) in [5.41, 5.74) is 0.00187. The first-order valence-corrected chi connectivity index (χ1v) is 6.18. The summed E-state index contributed by atoms with van der Waals surface area (Å²) < 4.78 is 36.0. The van der Waals surface area contributed by atoms with Crippen molar-refractivity contribution in [3.8, 4) is 5.75 Å². The molecule has 1 aromatic rings. The Morgan fingerprint density at radius 3 is 2.70 bits per heavy atom. The van der Waals surface area contributed by atoms with E-state index < -0.39 is 22.9 Å². The highest BCUT2D eigenvalue weighted by Gasteiger charge is 2.36. The first kappa shape index (κ1) is 11.8. The predicted octanol–water partition coefficient (Wildman–Crippen LogP) is 1.75. The van der Waals surface area contributed by atoms with Gasteiger partial charge in [-0.25, -0.2) is 0 Å². The fraction of sp³-hybridized carbons (Fsp3) is 0.500. The van der Waals surface area contributed by atoms with Crippen molar-refractivity contribution in [3.05, 3.63) is 28.3 Å². The molecular weight excluding hydrogens is 272 g/mol. The van der Waals surface area contributed by atoms with E-state index in [1.165, 1.54) is 12.1 Å². The maximum Gasteiger partial charge on any atom is 0.387 e. The summed E-state index contributed by atoms with van der Waals surface area (Å²) in [5.74, 6) is -0.593. The zero-order chi connectivity index (χ0) is 15.2. The smallest absolute Gasteiger partial charge is 0.387 e. The molecule has 3 aliphatic heterocycles. The number of benzene rings is 1. The maximum absolute atomic E-state index is 12.7. The molecule has 0 aliphatic carbocycles. The van der Waals surface area contributed by atoms with Gasteiger partial charge in [-0.1, -0.05) is 0 Å². The minimum absolute atomic E-state index is 0.362. The van der Waals surface area contributed by atoms with E-state index in [-0.39, 0.29) is 0 Å². The number of nitro benzene ring substituents is 1. The first-order valence-electron chi connectivity index (χ1n) is 6.68. The Labute approximate surface area is 114 Å². The van der Waals surface area contributed by atoms with Gasteiger partial charge in [-0.05, 0) is 12.5 Å². The minimum atomic E-state index is -4.21. The van der Waals surface area contributed by atoms with Crippen LogP contribution in [0.1, 0.15) is 7.79 Å². The van der Waals surface area contributed by atoms with E-state index in [4.69, 9.17) is 1.37 Å².